The third-order valence-corrected chi connectivity index (χ3v) is 4.42. The monoisotopic (exact) mass is 389 g/mol. The molecule has 0 spiro atoms. The van der Waals surface area contributed by atoms with Crippen LogP contribution >= 0.6 is 11.6 Å². The first-order valence-corrected chi connectivity index (χ1v) is 8.56. The van der Waals surface area contributed by atoms with E-state index < -0.39 is 0 Å². The molecule has 3 aromatic rings. The van der Waals surface area contributed by atoms with Gasteiger partial charge in [0, 0.05) is 16.7 Å². The Hall–Kier alpha value is -2.93. The summed E-state index contributed by atoms with van der Waals surface area (Å²) in [5.74, 6) is 2.70. The molecule has 27 heavy (non-hydrogen) atoms. The summed E-state index contributed by atoms with van der Waals surface area (Å²) in [4.78, 5) is 0. The molecule has 0 aliphatic rings. The minimum Gasteiger partial charge on any atom is -0.495 e. The third kappa shape index (κ3) is 4.09. The number of benzene rings is 2. The van der Waals surface area contributed by atoms with Crippen molar-refractivity contribution >= 4 is 17.3 Å². The van der Waals surface area contributed by atoms with Crippen molar-refractivity contribution in [3.05, 3.63) is 46.8 Å². The Kier molecular flexibility index (Phi) is 5.71. The van der Waals surface area contributed by atoms with Crippen LogP contribution in [0.4, 0.5) is 5.69 Å². The van der Waals surface area contributed by atoms with Gasteiger partial charge in [-0.2, -0.15) is 0 Å². The molecule has 3 rings (SSSR count). The molecule has 0 atom stereocenters. The quantitative estimate of drug-likeness (QED) is 0.644. The van der Waals surface area contributed by atoms with Crippen molar-refractivity contribution in [2.75, 3.05) is 26.6 Å². The molecular weight excluding hydrogens is 370 g/mol. The van der Waals surface area contributed by atoms with Gasteiger partial charge in [-0.15, -0.1) is 10.2 Å². The Morgan fingerprint density at radius 2 is 1.70 bits per heavy atom. The summed E-state index contributed by atoms with van der Waals surface area (Å²) in [6.45, 7) is 2.27. The molecule has 1 aromatic heterocycles. The lowest BCUT2D eigenvalue weighted by molar-refractivity contribution is 0.355. The largest absolute Gasteiger partial charge is 0.495 e. The van der Waals surface area contributed by atoms with E-state index in [0.717, 1.165) is 16.8 Å². The molecule has 1 heterocycles. The SMILES string of the molecule is COc1cc(Cl)c(C)cc1NCc1nnc(-c2ccc(OC)c(OC)c2)o1. The molecule has 0 bridgehead atoms. The number of hydrogen-bond donors (Lipinski definition) is 1. The highest BCUT2D eigenvalue weighted by molar-refractivity contribution is 6.31. The summed E-state index contributed by atoms with van der Waals surface area (Å²) in [5.41, 5.74) is 2.48. The Bertz CT molecular complexity index is 943. The van der Waals surface area contributed by atoms with E-state index in [-0.39, 0.29) is 0 Å². The van der Waals surface area contributed by atoms with E-state index in [1.807, 2.05) is 19.1 Å². The van der Waals surface area contributed by atoms with Crippen molar-refractivity contribution in [3.8, 4) is 28.7 Å². The van der Waals surface area contributed by atoms with Crippen molar-refractivity contribution < 1.29 is 18.6 Å². The second-order valence-electron chi connectivity index (χ2n) is 5.73. The summed E-state index contributed by atoms with van der Waals surface area (Å²) in [7, 11) is 4.75. The zero-order valence-corrected chi connectivity index (χ0v) is 16.3. The zero-order valence-electron chi connectivity index (χ0n) is 15.5. The highest BCUT2D eigenvalue weighted by Crippen LogP contribution is 2.33. The lowest BCUT2D eigenvalue weighted by Crippen LogP contribution is -2.02. The second kappa shape index (κ2) is 8.18. The maximum absolute atomic E-state index is 6.13. The topological polar surface area (TPSA) is 78.6 Å². The van der Waals surface area contributed by atoms with Crippen molar-refractivity contribution in [3.63, 3.8) is 0 Å². The second-order valence-corrected chi connectivity index (χ2v) is 6.13. The number of nitrogens with one attached hydrogen (secondary N) is 1. The molecule has 2 aromatic carbocycles. The highest BCUT2D eigenvalue weighted by atomic mass is 35.5. The minimum atomic E-state index is 0.345. The van der Waals surface area contributed by atoms with E-state index in [1.54, 1.807) is 39.5 Å². The van der Waals surface area contributed by atoms with E-state index in [0.29, 0.717) is 40.6 Å². The smallest absolute Gasteiger partial charge is 0.247 e. The molecule has 0 aliphatic carbocycles. The molecule has 0 radical (unpaired) electrons. The standard InChI is InChI=1S/C19H20ClN3O4/c1-11-7-14(16(25-3)9-13(11)20)21-10-18-22-23-19(27-18)12-5-6-15(24-2)17(8-12)26-4/h5-9,21H,10H2,1-4H3. The van der Waals surface area contributed by atoms with E-state index in [4.69, 9.17) is 30.2 Å². The number of hydrogen-bond acceptors (Lipinski definition) is 7. The van der Waals surface area contributed by atoms with Gasteiger partial charge in [-0.25, -0.2) is 0 Å². The first-order valence-electron chi connectivity index (χ1n) is 8.18. The first-order chi connectivity index (χ1) is 13.0. The van der Waals surface area contributed by atoms with Gasteiger partial charge < -0.3 is 23.9 Å². The van der Waals surface area contributed by atoms with Crippen LogP contribution in [0.1, 0.15) is 11.5 Å². The van der Waals surface area contributed by atoms with Gasteiger partial charge in [0.1, 0.15) is 5.75 Å². The lowest BCUT2D eigenvalue weighted by atomic mass is 10.2. The van der Waals surface area contributed by atoms with E-state index in [1.165, 1.54) is 0 Å². The van der Waals surface area contributed by atoms with Gasteiger partial charge in [-0.1, -0.05) is 11.6 Å². The van der Waals surface area contributed by atoms with Gasteiger partial charge in [0.25, 0.3) is 0 Å². The van der Waals surface area contributed by atoms with Crippen LogP contribution in [0, 0.1) is 6.92 Å². The summed E-state index contributed by atoms with van der Waals surface area (Å²) < 4.78 is 21.6. The normalized spacial score (nSPS) is 10.6. The number of nitrogens with zero attached hydrogens (tertiary/aromatic N) is 2. The number of aryl methyl sites for hydroxylation is 1. The van der Waals surface area contributed by atoms with E-state index in [9.17, 15) is 0 Å². The summed E-state index contributed by atoms with van der Waals surface area (Å²) in [5, 5.41) is 12.1. The molecule has 142 valence electrons. The fourth-order valence-electron chi connectivity index (χ4n) is 2.55. The van der Waals surface area contributed by atoms with Gasteiger partial charge in [-0.3, -0.25) is 0 Å². The maximum atomic E-state index is 6.13. The molecule has 0 amide bonds. The van der Waals surface area contributed by atoms with Crippen LogP contribution in [0.5, 0.6) is 17.2 Å². The summed E-state index contributed by atoms with van der Waals surface area (Å²) in [6, 6.07) is 9.08. The van der Waals surface area contributed by atoms with Crippen molar-refractivity contribution in [2.24, 2.45) is 0 Å². The number of methoxy groups -OCH3 is 3. The van der Waals surface area contributed by atoms with E-state index in [2.05, 4.69) is 15.5 Å². The minimum absolute atomic E-state index is 0.345. The number of anilines is 1. The molecule has 0 saturated heterocycles. The number of aromatic nitrogens is 2. The van der Waals surface area contributed by atoms with Crippen molar-refractivity contribution in [2.45, 2.75) is 13.5 Å². The van der Waals surface area contributed by atoms with Crippen LogP contribution in [0.3, 0.4) is 0 Å². The van der Waals surface area contributed by atoms with Gasteiger partial charge >= 0.3 is 0 Å². The fourth-order valence-corrected chi connectivity index (χ4v) is 2.71. The van der Waals surface area contributed by atoms with Gasteiger partial charge in [0.05, 0.1) is 33.6 Å². The molecule has 8 heteroatoms. The Balaban J connectivity index is 1.76. The predicted octanol–water partition coefficient (Wildman–Crippen LogP) is 4.34. The average molecular weight is 390 g/mol. The fraction of sp³-hybridized carbons (Fsp3) is 0.263. The van der Waals surface area contributed by atoms with E-state index >= 15 is 0 Å². The zero-order chi connectivity index (χ0) is 19.4. The van der Waals surface area contributed by atoms with Crippen LogP contribution in [0.2, 0.25) is 5.02 Å². The summed E-state index contributed by atoms with van der Waals surface area (Å²) in [6.07, 6.45) is 0. The third-order valence-electron chi connectivity index (χ3n) is 4.01. The molecule has 0 unspecified atom stereocenters. The first kappa shape index (κ1) is 18.8. The molecule has 0 fully saturated rings. The van der Waals surface area contributed by atoms with Gasteiger partial charge in [-0.05, 0) is 36.8 Å². The number of ether oxygens (including phenoxy) is 3. The van der Waals surface area contributed by atoms with Crippen LogP contribution in [-0.2, 0) is 6.54 Å². The molecule has 1 N–H and O–H groups in total. The van der Waals surface area contributed by atoms with Crippen LogP contribution < -0.4 is 19.5 Å². The Labute approximate surface area is 162 Å². The number of rotatable bonds is 7. The Morgan fingerprint density at radius 3 is 2.41 bits per heavy atom. The molecule has 0 aliphatic heterocycles. The van der Waals surface area contributed by atoms with Crippen LogP contribution in [-0.4, -0.2) is 31.5 Å². The highest BCUT2D eigenvalue weighted by Gasteiger charge is 2.13. The molecule has 0 saturated carbocycles. The predicted molar refractivity (Wildman–Crippen MR) is 103 cm³/mol. The Morgan fingerprint density at radius 1 is 0.963 bits per heavy atom. The van der Waals surface area contributed by atoms with Gasteiger partial charge in [0.2, 0.25) is 11.8 Å². The number of halogens is 1. The molecule has 7 nitrogen and oxygen atoms in total. The van der Waals surface area contributed by atoms with Crippen LogP contribution in [0.25, 0.3) is 11.5 Å². The van der Waals surface area contributed by atoms with Crippen LogP contribution in [0.15, 0.2) is 34.7 Å². The summed E-state index contributed by atoms with van der Waals surface area (Å²) >= 11 is 6.13. The maximum Gasteiger partial charge on any atom is 0.247 e. The van der Waals surface area contributed by atoms with Crippen molar-refractivity contribution in [1.82, 2.24) is 10.2 Å². The molecular formula is C19H20ClN3O4. The van der Waals surface area contributed by atoms with Crippen molar-refractivity contribution in [1.29, 1.82) is 0 Å². The lowest BCUT2D eigenvalue weighted by Gasteiger charge is -2.11. The average Bonchev–Trinajstić information content (AvgIpc) is 3.17. The van der Waals surface area contributed by atoms with Gasteiger partial charge in [0.15, 0.2) is 11.5 Å².